The van der Waals surface area contributed by atoms with Crippen molar-refractivity contribution in [1.82, 2.24) is 4.90 Å². The smallest absolute Gasteiger partial charge is 0.246 e. The predicted molar refractivity (Wildman–Crippen MR) is 76.5 cm³/mol. The van der Waals surface area contributed by atoms with Gasteiger partial charge in [0.15, 0.2) is 0 Å². The highest BCUT2D eigenvalue weighted by Crippen LogP contribution is 2.23. The Morgan fingerprint density at radius 2 is 1.95 bits per heavy atom. The maximum atomic E-state index is 12.2. The van der Waals surface area contributed by atoms with Gasteiger partial charge >= 0.3 is 0 Å². The van der Waals surface area contributed by atoms with Crippen LogP contribution >= 0.6 is 0 Å². The van der Waals surface area contributed by atoms with E-state index < -0.39 is 0 Å². The van der Waals surface area contributed by atoms with Crippen LogP contribution in [0.3, 0.4) is 0 Å². The van der Waals surface area contributed by atoms with Crippen LogP contribution in [0.2, 0.25) is 0 Å². The lowest BCUT2D eigenvalue weighted by Gasteiger charge is -2.27. The molecular formula is C16H21NO2. The molecule has 0 radical (unpaired) electrons. The number of benzene rings is 1. The van der Waals surface area contributed by atoms with Gasteiger partial charge in [0, 0.05) is 18.7 Å². The number of hydrogen-bond acceptors (Lipinski definition) is 2. The third-order valence-electron chi connectivity index (χ3n) is 3.61. The Morgan fingerprint density at radius 1 is 1.26 bits per heavy atom. The molecule has 0 spiro atoms. The Morgan fingerprint density at radius 3 is 2.58 bits per heavy atom. The molecule has 1 saturated carbocycles. The minimum Gasteiger partial charge on any atom is -0.395 e. The molecule has 0 heterocycles. The first-order valence-electron chi connectivity index (χ1n) is 6.96. The van der Waals surface area contributed by atoms with Gasteiger partial charge in [0.1, 0.15) is 0 Å². The number of amides is 1. The number of carbonyl (C=O) groups is 1. The fourth-order valence-corrected chi connectivity index (χ4v) is 2.62. The van der Waals surface area contributed by atoms with Gasteiger partial charge < -0.3 is 10.0 Å². The number of rotatable bonds is 5. The molecule has 0 unspecified atom stereocenters. The number of carbonyl (C=O) groups excluding carboxylic acids is 1. The number of aliphatic hydroxyl groups excluding tert-OH is 1. The third-order valence-corrected chi connectivity index (χ3v) is 3.61. The van der Waals surface area contributed by atoms with Gasteiger partial charge in [0.25, 0.3) is 0 Å². The molecule has 1 fully saturated rings. The van der Waals surface area contributed by atoms with Crippen molar-refractivity contribution in [2.24, 2.45) is 0 Å². The normalized spacial score (nSPS) is 16.1. The lowest BCUT2D eigenvalue weighted by molar-refractivity contribution is -0.128. The van der Waals surface area contributed by atoms with E-state index in [0.29, 0.717) is 12.6 Å². The Balaban J connectivity index is 2.00. The molecule has 1 aliphatic carbocycles. The van der Waals surface area contributed by atoms with E-state index in [9.17, 15) is 4.79 Å². The zero-order chi connectivity index (χ0) is 13.5. The summed E-state index contributed by atoms with van der Waals surface area (Å²) < 4.78 is 0. The predicted octanol–water partition coefficient (Wildman–Crippen LogP) is 2.46. The number of aliphatic hydroxyl groups is 1. The van der Waals surface area contributed by atoms with Crippen LogP contribution in [0.25, 0.3) is 6.08 Å². The van der Waals surface area contributed by atoms with Crippen LogP contribution in [-0.2, 0) is 4.79 Å². The largest absolute Gasteiger partial charge is 0.395 e. The molecule has 0 aromatic heterocycles. The monoisotopic (exact) mass is 259 g/mol. The van der Waals surface area contributed by atoms with Gasteiger partial charge in [-0.3, -0.25) is 4.79 Å². The molecule has 0 aliphatic heterocycles. The Kier molecular flexibility index (Phi) is 5.16. The maximum absolute atomic E-state index is 12.2. The van der Waals surface area contributed by atoms with E-state index in [1.807, 2.05) is 41.3 Å². The van der Waals surface area contributed by atoms with Crippen LogP contribution in [0.5, 0.6) is 0 Å². The zero-order valence-corrected chi connectivity index (χ0v) is 11.2. The van der Waals surface area contributed by atoms with Crippen LogP contribution in [0.4, 0.5) is 0 Å². The van der Waals surface area contributed by atoms with Crippen molar-refractivity contribution in [2.45, 2.75) is 31.7 Å². The van der Waals surface area contributed by atoms with Gasteiger partial charge in [-0.25, -0.2) is 0 Å². The summed E-state index contributed by atoms with van der Waals surface area (Å²) in [6.07, 6.45) is 7.94. The van der Waals surface area contributed by atoms with Gasteiger partial charge in [0.05, 0.1) is 6.61 Å². The average molecular weight is 259 g/mol. The molecule has 19 heavy (non-hydrogen) atoms. The van der Waals surface area contributed by atoms with E-state index in [1.165, 1.54) is 12.8 Å². The standard InChI is InChI=1S/C16H21NO2/c18-13-12-17(15-8-4-5-9-15)16(19)11-10-14-6-2-1-3-7-14/h1-3,6-7,10-11,15,18H,4-5,8-9,12-13H2. The molecule has 0 saturated heterocycles. The summed E-state index contributed by atoms with van der Waals surface area (Å²) in [4.78, 5) is 14.0. The molecule has 3 heteroatoms. The number of hydrogen-bond donors (Lipinski definition) is 1. The summed E-state index contributed by atoms with van der Waals surface area (Å²) in [6, 6.07) is 10.1. The molecule has 1 amide bonds. The molecule has 2 rings (SSSR count). The second kappa shape index (κ2) is 7.10. The van der Waals surface area contributed by atoms with Crippen molar-refractivity contribution >= 4 is 12.0 Å². The van der Waals surface area contributed by atoms with Crippen LogP contribution in [0, 0.1) is 0 Å². The van der Waals surface area contributed by atoms with E-state index in [0.717, 1.165) is 18.4 Å². The Labute approximate surface area is 114 Å². The maximum Gasteiger partial charge on any atom is 0.246 e. The average Bonchev–Trinajstić information content (AvgIpc) is 2.97. The summed E-state index contributed by atoms with van der Waals surface area (Å²) in [6.45, 7) is 0.462. The van der Waals surface area contributed by atoms with Crippen molar-refractivity contribution in [3.8, 4) is 0 Å². The fraction of sp³-hybridized carbons (Fsp3) is 0.438. The van der Waals surface area contributed by atoms with Crippen LogP contribution in [0.15, 0.2) is 36.4 Å². The van der Waals surface area contributed by atoms with E-state index in [-0.39, 0.29) is 12.5 Å². The molecule has 0 bridgehead atoms. The van der Waals surface area contributed by atoms with Crippen molar-refractivity contribution < 1.29 is 9.90 Å². The highest BCUT2D eigenvalue weighted by atomic mass is 16.3. The fourth-order valence-electron chi connectivity index (χ4n) is 2.62. The summed E-state index contributed by atoms with van der Waals surface area (Å²) in [7, 11) is 0. The lowest BCUT2D eigenvalue weighted by Crippen LogP contribution is -2.39. The molecule has 0 atom stereocenters. The third kappa shape index (κ3) is 3.93. The minimum absolute atomic E-state index is 0.00445. The van der Waals surface area contributed by atoms with Crippen molar-refractivity contribution in [2.75, 3.05) is 13.2 Å². The Hall–Kier alpha value is -1.61. The Bertz CT molecular complexity index is 422. The molecule has 102 valence electrons. The first kappa shape index (κ1) is 13.8. The van der Waals surface area contributed by atoms with Crippen LogP contribution in [0.1, 0.15) is 31.2 Å². The molecule has 1 N–H and O–H groups in total. The van der Waals surface area contributed by atoms with Crippen molar-refractivity contribution in [3.05, 3.63) is 42.0 Å². The molecule has 1 aliphatic rings. The van der Waals surface area contributed by atoms with Crippen molar-refractivity contribution in [3.63, 3.8) is 0 Å². The minimum atomic E-state index is 0.00445. The van der Waals surface area contributed by atoms with E-state index in [2.05, 4.69) is 0 Å². The second-order valence-corrected chi connectivity index (χ2v) is 4.94. The molecule has 1 aromatic carbocycles. The van der Waals surface area contributed by atoms with E-state index >= 15 is 0 Å². The highest BCUT2D eigenvalue weighted by Gasteiger charge is 2.24. The molecule has 3 nitrogen and oxygen atoms in total. The van der Waals surface area contributed by atoms with Gasteiger partial charge in [-0.15, -0.1) is 0 Å². The molecular weight excluding hydrogens is 238 g/mol. The first-order chi connectivity index (χ1) is 9.31. The molecule has 1 aromatic rings. The summed E-state index contributed by atoms with van der Waals surface area (Å²) >= 11 is 0. The van der Waals surface area contributed by atoms with Crippen molar-refractivity contribution in [1.29, 1.82) is 0 Å². The van der Waals surface area contributed by atoms with Gasteiger partial charge in [-0.1, -0.05) is 43.2 Å². The number of nitrogens with zero attached hydrogens (tertiary/aromatic N) is 1. The van der Waals surface area contributed by atoms with Gasteiger partial charge in [-0.05, 0) is 24.5 Å². The first-order valence-corrected chi connectivity index (χ1v) is 6.96. The summed E-state index contributed by atoms with van der Waals surface area (Å²) in [5.74, 6) is 0.00445. The van der Waals surface area contributed by atoms with Crippen LogP contribution < -0.4 is 0 Å². The topological polar surface area (TPSA) is 40.5 Å². The van der Waals surface area contributed by atoms with E-state index in [1.54, 1.807) is 6.08 Å². The van der Waals surface area contributed by atoms with Gasteiger partial charge in [0.2, 0.25) is 5.91 Å². The zero-order valence-electron chi connectivity index (χ0n) is 11.2. The quantitative estimate of drug-likeness (QED) is 0.825. The lowest BCUT2D eigenvalue weighted by atomic mass is 10.2. The van der Waals surface area contributed by atoms with Crippen LogP contribution in [-0.4, -0.2) is 35.1 Å². The second-order valence-electron chi connectivity index (χ2n) is 4.94. The SMILES string of the molecule is O=C(C=Cc1ccccc1)N(CCO)C1CCCC1. The summed E-state index contributed by atoms with van der Waals surface area (Å²) in [5.41, 5.74) is 1.02. The summed E-state index contributed by atoms with van der Waals surface area (Å²) in [5, 5.41) is 9.11. The van der Waals surface area contributed by atoms with Gasteiger partial charge in [-0.2, -0.15) is 0 Å². The highest BCUT2D eigenvalue weighted by molar-refractivity contribution is 5.92. The van der Waals surface area contributed by atoms with E-state index in [4.69, 9.17) is 5.11 Å².